The topological polar surface area (TPSA) is 75.3 Å². The third-order valence-corrected chi connectivity index (χ3v) is 2.28. The maximum Gasteiger partial charge on any atom is 0.337 e. The molecule has 0 aromatic carbocycles. The van der Waals surface area contributed by atoms with Crippen molar-refractivity contribution in [1.29, 1.82) is 0 Å². The molecule has 0 saturated heterocycles. The van der Waals surface area contributed by atoms with Gasteiger partial charge in [-0.05, 0) is 20.8 Å². The fourth-order valence-electron chi connectivity index (χ4n) is 1.10. The molecule has 1 heterocycles. The van der Waals surface area contributed by atoms with Gasteiger partial charge in [0.05, 0.1) is 18.6 Å². The van der Waals surface area contributed by atoms with Crippen molar-refractivity contribution in [2.45, 2.75) is 32.9 Å². The second-order valence-corrected chi connectivity index (χ2v) is 3.62. The molecule has 1 atom stereocenters. The summed E-state index contributed by atoms with van der Waals surface area (Å²) < 4.78 is 1.63. The van der Waals surface area contributed by atoms with Crippen LogP contribution in [0.4, 0.5) is 0 Å². The quantitative estimate of drug-likeness (QED) is 0.734. The van der Waals surface area contributed by atoms with Crippen LogP contribution in [0.25, 0.3) is 0 Å². The van der Waals surface area contributed by atoms with E-state index in [1.165, 1.54) is 13.3 Å². The van der Waals surface area contributed by atoms with Crippen LogP contribution in [0.2, 0.25) is 0 Å². The van der Waals surface area contributed by atoms with Gasteiger partial charge < -0.3 is 14.8 Å². The second-order valence-electron chi connectivity index (χ2n) is 3.62. The minimum absolute atomic E-state index is 0.00894. The molecular formula is C9H14N2O3. The van der Waals surface area contributed by atoms with Gasteiger partial charge in [-0.2, -0.15) is 0 Å². The highest BCUT2D eigenvalue weighted by Gasteiger charge is 2.30. The molecule has 1 aromatic heterocycles. The molecule has 5 nitrogen and oxygen atoms in total. The predicted octanol–water partition coefficient (Wildman–Crippen LogP) is 0.336. The zero-order valence-electron chi connectivity index (χ0n) is 8.48. The summed E-state index contributed by atoms with van der Waals surface area (Å²) in [7, 11) is 0. The number of imidazole rings is 1. The van der Waals surface area contributed by atoms with E-state index >= 15 is 0 Å². The molecule has 0 aliphatic rings. The van der Waals surface area contributed by atoms with Crippen molar-refractivity contribution in [3.8, 4) is 0 Å². The first-order valence-electron chi connectivity index (χ1n) is 4.28. The Morgan fingerprint density at radius 1 is 1.64 bits per heavy atom. The van der Waals surface area contributed by atoms with E-state index in [2.05, 4.69) is 4.98 Å². The summed E-state index contributed by atoms with van der Waals surface area (Å²) in [6.45, 7) is 4.95. The van der Waals surface area contributed by atoms with Gasteiger partial charge in [0.25, 0.3) is 0 Å². The Kier molecular flexibility index (Phi) is 2.62. The summed E-state index contributed by atoms with van der Waals surface area (Å²) in [6.07, 6.45) is 1.53. The first-order chi connectivity index (χ1) is 6.34. The van der Waals surface area contributed by atoms with E-state index in [0.29, 0.717) is 0 Å². The molecule has 0 radical (unpaired) electrons. The van der Waals surface area contributed by atoms with E-state index in [1.807, 2.05) is 13.8 Å². The highest BCUT2D eigenvalue weighted by molar-refractivity contribution is 5.76. The predicted molar refractivity (Wildman–Crippen MR) is 50.0 cm³/mol. The van der Waals surface area contributed by atoms with Crippen molar-refractivity contribution in [3.05, 3.63) is 17.7 Å². The molecule has 0 saturated carbocycles. The SMILES string of the molecule is Cc1ncn(CC(C)(O)C(=O)O)c1C. The van der Waals surface area contributed by atoms with Crippen LogP contribution in [-0.2, 0) is 11.3 Å². The standard InChI is InChI=1S/C9H14N2O3/c1-6-7(2)11(5-10-6)4-9(3,14)8(12)13/h5,14H,4H2,1-3H3,(H,12,13). The Labute approximate surface area is 82.0 Å². The molecule has 1 rings (SSSR count). The lowest BCUT2D eigenvalue weighted by Crippen LogP contribution is -2.39. The van der Waals surface area contributed by atoms with Crippen molar-refractivity contribution >= 4 is 5.97 Å². The van der Waals surface area contributed by atoms with Gasteiger partial charge >= 0.3 is 5.97 Å². The number of carboxylic acid groups (broad SMARTS) is 1. The molecule has 0 aliphatic heterocycles. The molecule has 1 aromatic rings. The number of rotatable bonds is 3. The maximum absolute atomic E-state index is 10.7. The smallest absolute Gasteiger partial charge is 0.337 e. The summed E-state index contributed by atoms with van der Waals surface area (Å²) in [5.41, 5.74) is -0.0459. The van der Waals surface area contributed by atoms with Gasteiger partial charge in [-0.1, -0.05) is 0 Å². The van der Waals surface area contributed by atoms with Crippen LogP contribution in [0, 0.1) is 13.8 Å². The van der Waals surface area contributed by atoms with Crippen LogP contribution in [0.1, 0.15) is 18.3 Å². The fourth-order valence-corrected chi connectivity index (χ4v) is 1.10. The molecule has 0 fully saturated rings. The van der Waals surface area contributed by atoms with Crippen LogP contribution in [0.3, 0.4) is 0 Å². The monoisotopic (exact) mass is 198 g/mol. The van der Waals surface area contributed by atoms with Gasteiger partial charge in [-0.25, -0.2) is 9.78 Å². The number of hydrogen-bond acceptors (Lipinski definition) is 3. The van der Waals surface area contributed by atoms with E-state index in [-0.39, 0.29) is 6.54 Å². The van der Waals surface area contributed by atoms with E-state index < -0.39 is 11.6 Å². The van der Waals surface area contributed by atoms with Crippen molar-refractivity contribution < 1.29 is 15.0 Å². The second kappa shape index (κ2) is 3.42. The summed E-state index contributed by atoms with van der Waals surface area (Å²) in [5.74, 6) is -1.23. The van der Waals surface area contributed by atoms with Crippen molar-refractivity contribution in [3.63, 3.8) is 0 Å². The molecule has 0 aliphatic carbocycles. The number of aryl methyl sites for hydroxylation is 1. The number of aliphatic hydroxyl groups is 1. The van der Waals surface area contributed by atoms with Crippen LogP contribution < -0.4 is 0 Å². The molecule has 0 amide bonds. The Morgan fingerprint density at radius 3 is 2.57 bits per heavy atom. The Morgan fingerprint density at radius 2 is 2.21 bits per heavy atom. The first-order valence-corrected chi connectivity index (χ1v) is 4.28. The number of carboxylic acids is 1. The lowest BCUT2D eigenvalue weighted by molar-refractivity contribution is -0.157. The lowest BCUT2D eigenvalue weighted by atomic mass is 10.1. The molecule has 1 unspecified atom stereocenters. The highest BCUT2D eigenvalue weighted by Crippen LogP contribution is 2.11. The molecule has 0 bridgehead atoms. The summed E-state index contributed by atoms with van der Waals surface area (Å²) in [5, 5.41) is 18.2. The molecule has 5 heteroatoms. The number of aromatic nitrogens is 2. The Bertz CT molecular complexity index is 355. The maximum atomic E-state index is 10.7. The van der Waals surface area contributed by atoms with E-state index in [0.717, 1.165) is 11.4 Å². The van der Waals surface area contributed by atoms with E-state index in [1.54, 1.807) is 4.57 Å². The van der Waals surface area contributed by atoms with Crippen molar-refractivity contribution in [1.82, 2.24) is 9.55 Å². The average molecular weight is 198 g/mol. The zero-order chi connectivity index (χ0) is 10.9. The van der Waals surface area contributed by atoms with Gasteiger partial charge in [0.1, 0.15) is 0 Å². The number of nitrogens with zero attached hydrogens (tertiary/aromatic N) is 2. The largest absolute Gasteiger partial charge is 0.479 e. The third kappa shape index (κ3) is 1.93. The van der Waals surface area contributed by atoms with Gasteiger partial charge in [-0.3, -0.25) is 0 Å². The Hall–Kier alpha value is -1.36. The third-order valence-electron chi connectivity index (χ3n) is 2.28. The van der Waals surface area contributed by atoms with Gasteiger partial charge in [0.15, 0.2) is 5.60 Å². The summed E-state index contributed by atoms with van der Waals surface area (Å²) in [4.78, 5) is 14.7. The van der Waals surface area contributed by atoms with Crippen LogP contribution >= 0.6 is 0 Å². The van der Waals surface area contributed by atoms with Crippen LogP contribution in [0.5, 0.6) is 0 Å². The lowest BCUT2D eigenvalue weighted by Gasteiger charge is -2.19. The fraction of sp³-hybridized carbons (Fsp3) is 0.556. The molecule has 2 N–H and O–H groups in total. The number of carbonyl (C=O) groups is 1. The molecule has 14 heavy (non-hydrogen) atoms. The van der Waals surface area contributed by atoms with E-state index in [4.69, 9.17) is 5.11 Å². The van der Waals surface area contributed by atoms with Crippen molar-refractivity contribution in [2.75, 3.05) is 0 Å². The van der Waals surface area contributed by atoms with Crippen LogP contribution in [0.15, 0.2) is 6.33 Å². The van der Waals surface area contributed by atoms with Gasteiger partial charge in [-0.15, -0.1) is 0 Å². The minimum atomic E-state index is -1.75. The van der Waals surface area contributed by atoms with Crippen LogP contribution in [-0.4, -0.2) is 31.3 Å². The number of hydrogen-bond donors (Lipinski definition) is 2. The highest BCUT2D eigenvalue weighted by atomic mass is 16.4. The molecular weight excluding hydrogens is 184 g/mol. The summed E-state index contributed by atoms with van der Waals surface area (Å²) >= 11 is 0. The normalized spacial score (nSPS) is 15.1. The summed E-state index contributed by atoms with van der Waals surface area (Å²) in [6, 6.07) is 0. The molecule has 0 spiro atoms. The zero-order valence-corrected chi connectivity index (χ0v) is 8.48. The van der Waals surface area contributed by atoms with Gasteiger partial charge in [0.2, 0.25) is 0 Å². The first kappa shape index (κ1) is 10.7. The number of aliphatic carboxylic acids is 1. The minimum Gasteiger partial charge on any atom is -0.479 e. The van der Waals surface area contributed by atoms with E-state index in [9.17, 15) is 9.90 Å². The average Bonchev–Trinajstić information content (AvgIpc) is 2.35. The molecule has 78 valence electrons. The van der Waals surface area contributed by atoms with Gasteiger partial charge in [0, 0.05) is 5.69 Å². The van der Waals surface area contributed by atoms with Crippen molar-refractivity contribution in [2.24, 2.45) is 0 Å². The Balaban J connectivity index is 2.89.